The molecule has 1 aliphatic heterocycles. The second-order valence-corrected chi connectivity index (χ2v) is 6.76. The minimum absolute atomic E-state index is 0.188. The first kappa shape index (κ1) is 13.1. The van der Waals surface area contributed by atoms with E-state index in [9.17, 15) is 4.79 Å². The molecule has 2 unspecified atom stereocenters. The summed E-state index contributed by atoms with van der Waals surface area (Å²) in [6.07, 6.45) is 3.06. The van der Waals surface area contributed by atoms with Gasteiger partial charge in [0.2, 0.25) is 5.89 Å². The summed E-state index contributed by atoms with van der Waals surface area (Å²) in [5.74, 6) is 2.95. The average Bonchev–Trinajstić information content (AvgIpc) is 3.15. The number of carbonyl (C=O) groups excluding carboxylic acids is 1. The molecule has 2 heterocycles. The van der Waals surface area contributed by atoms with Crippen molar-refractivity contribution in [1.82, 2.24) is 10.1 Å². The summed E-state index contributed by atoms with van der Waals surface area (Å²) in [5, 5.41) is 4.14. The van der Waals surface area contributed by atoms with Crippen molar-refractivity contribution in [3.63, 3.8) is 0 Å². The van der Waals surface area contributed by atoms with Crippen LogP contribution in [-0.4, -0.2) is 27.4 Å². The van der Waals surface area contributed by atoms with Crippen LogP contribution in [0.1, 0.15) is 41.1 Å². The third-order valence-corrected chi connectivity index (χ3v) is 5.44. The molecule has 2 atom stereocenters. The molecule has 0 bridgehead atoms. The van der Waals surface area contributed by atoms with E-state index in [0.29, 0.717) is 17.6 Å². The van der Waals surface area contributed by atoms with Crippen molar-refractivity contribution in [2.45, 2.75) is 31.1 Å². The van der Waals surface area contributed by atoms with Crippen molar-refractivity contribution in [2.75, 3.05) is 11.5 Å². The number of hydrogen-bond acceptors (Lipinski definition) is 5. The van der Waals surface area contributed by atoms with E-state index >= 15 is 0 Å². The lowest BCUT2D eigenvalue weighted by Crippen LogP contribution is -2.14. The number of hydrogen-bond donors (Lipinski definition) is 0. The third kappa shape index (κ3) is 2.39. The normalized spacial score (nSPS) is 25.0. The van der Waals surface area contributed by atoms with E-state index in [0.717, 1.165) is 30.8 Å². The van der Waals surface area contributed by atoms with Crippen molar-refractivity contribution in [3.8, 4) is 0 Å². The number of fused-ring (bicyclic) bond motifs is 1. The van der Waals surface area contributed by atoms with Crippen LogP contribution in [0.25, 0.3) is 0 Å². The third-order valence-electron chi connectivity index (χ3n) is 4.39. The number of carbonyl (C=O) groups is 1. The van der Waals surface area contributed by atoms with Gasteiger partial charge >= 0.3 is 0 Å². The molecular formula is C16H16N2O2S. The number of aryl methyl sites for hydroxylation is 1. The molecule has 4 rings (SSSR count). The molecule has 2 aliphatic rings. The Kier molecular flexibility index (Phi) is 3.30. The van der Waals surface area contributed by atoms with Gasteiger partial charge in [0.15, 0.2) is 11.6 Å². The van der Waals surface area contributed by atoms with Crippen LogP contribution in [0.5, 0.6) is 0 Å². The smallest absolute Gasteiger partial charge is 0.238 e. The molecular weight excluding hydrogens is 284 g/mol. The minimum Gasteiger partial charge on any atom is -0.339 e. The van der Waals surface area contributed by atoms with E-state index in [1.165, 1.54) is 11.1 Å². The molecule has 4 nitrogen and oxygen atoms in total. The van der Waals surface area contributed by atoms with Gasteiger partial charge in [0.1, 0.15) is 5.92 Å². The highest BCUT2D eigenvalue weighted by Gasteiger charge is 2.33. The quantitative estimate of drug-likeness (QED) is 0.853. The van der Waals surface area contributed by atoms with Crippen molar-refractivity contribution >= 4 is 17.5 Å². The van der Waals surface area contributed by atoms with E-state index in [1.54, 1.807) is 11.8 Å². The lowest BCUT2D eigenvalue weighted by atomic mass is 9.83. The Morgan fingerprint density at radius 3 is 2.90 bits per heavy atom. The summed E-state index contributed by atoms with van der Waals surface area (Å²) < 4.78 is 5.36. The van der Waals surface area contributed by atoms with Crippen molar-refractivity contribution in [2.24, 2.45) is 0 Å². The van der Waals surface area contributed by atoms with E-state index in [2.05, 4.69) is 34.4 Å². The average molecular weight is 300 g/mol. The predicted molar refractivity (Wildman–Crippen MR) is 80.6 cm³/mol. The molecule has 1 fully saturated rings. The maximum atomic E-state index is 11.8. The molecule has 0 N–H and O–H groups in total. The second kappa shape index (κ2) is 5.30. The molecule has 108 valence electrons. The Morgan fingerprint density at radius 2 is 2.10 bits per heavy atom. The Hall–Kier alpha value is -1.62. The van der Waals surface area contributed by atoms with E-state index < -0.39 is 0 Å². The Morgan fingerprint density at radius 1 is 1.24 bits per heavy atom. The number of thioether (sulfide) groups is 1. The largest absolute Gasteiger partial charge is 0.339 e. The summed E-state index contributed by atoms with van der Waals surface area (Å²) in [5.41, 5.74) is 2.81. The molecule has 1 aliphatic carbocycles. The number of Topliss-reactive ketones (excluding diaryl/α,β-unsaturated/α-hetero) is 1. The molecule has 1 aromatic carbocycles. The van der Waals surface area contributed by atoms with Gasteiger partial charge in [0, 0.05) is 11.7 Å². The molecule has 0 radical (unpaired) electrons. The first-order valence-corrected chi connectivity index (χ1v) is 8.47. The van der Waals surface area contributed by atoms with Crippen LogP contribution in [0.4, 0.5) is 0 Å². The van der Waals surface area contributed by atoms with Gasteiger partial charge in [0.05, 0.1) is 5.75 Å². The molecule has 1 aromatic heterocycles. The van der Waals surface area contributed by atoms with Crippen LogP contribution in [-0.2, 0) is 17.6 Å². The molecule has 0 amide bonds. The number of aromatic nitrogens is 2. The monoisotopic (exact) mass is 300 g/mol. The summed E-state index contributed by atoms with van der Waals surface area (Å²) in [7, 11) is 0. The second-order valence-electron chi connectivity index (χ2n) is 5.73. The fraction of sp³-hybridized carbons (Fsp3) is 0.438. The molecule has 21 heavy (non-hydrogen) atoms. The van der Waals surface area contributed by atoms with Gasteiger partial charge in [-0.1, -0.05) is 29.4 Å². The van der Waals surface area contributed by atoms with Crippen molar-refractivity contribution in [1.29, 1.82) is 0 Å². The zero-order valence-electron chi connectivity index (χ0n) is 11.6. The zero-order chi connectivity index (χ0) is 14.2. The van der Waals surface area contributed by atoms with Gasteiger partial charge in [-0.15, -0.1) is 0 Å². The lowest BCUT2D eigenvalue weighted by molar-refractivity contribution is -0.117. The fourth-order valence-corrected chi connectivity index (χ4v) is 4.24. The fourth-order valence-electron chi connectivity index (χ4n) is 3.15. The Balaban J connectivity index is 1.55. The number of nitrogens with zero attached hydrogens (tertiary/aromatic N) is 2. The molecule has 0 spiro atoms. The number of ketones is 1. The number of rotatable bonds is 2. The van der Waals surface area contributed by atoms with Gasteiger partial charge in [-0.2, -0.15) is 16.7 Å². The SMILES string of the molecule is O=C1CSCC1c1nc(C2CCc3ccccc3C2)no1. The van der Waals surface area contributed by atoms with Gasteiger partial charge in [-0.25, -0.2) is 0 Å². The van der Waals surface area contributed by atoms with Crippen LogP contribution in [0, 0.1) is 0 Å². The van der Waals surface area contributed by atoms with E-state index in [4.69, 9.17) is 4.52 Å². The van der Waals surface area contributed by atoms with E-state index in [-0.39, 0.29) is 11.7 Å². The highest BCUT2D eigenvalue weighted by atomic mass is 32.2. The van der Waals surface area contributed by atoms with Crippen LogP contribution in [0.2, 0.25) is 0 Å². The molecule has 5 heteroatoms. The van der Waals surface area contributed by atoms with Gasteiger partial charge in [0.25, 0.3) is 0 Å². The van der Waals surface area contributed by atoms with Crippen molar-refractivity contribution < 1.29 is 9.32 Å². The van der Waals surface area contributed by atoms with Crippen LogP contribution < -0.4 is 0 Å². The van der Waals surface area contributed by atoms with Crippen LogP contribution >= 0.6 is 11.8 Å². The van der Waals surface area contributed by atoms with Gasteiger partial charge in [-0.05, 0) is 30.4 Å². The maximum absolute atomic E-state index is 11.8. The molecule has 1 saturated heterocycles. The Bertz CT molecular complexity index is 682. The number of benzene rings is 1. The minimum atomic E-state index is -0.188. The summed E-state index contributed by atoms with van der Waals surface area (Å²) >= 11 is 1.64. The topological polar surface area (TPSA) is 56.0 Å². The summed E-state index contributed by atoms with van der Waals surface area (Å²) in [6.45, 7) is 0. The summed E-state index contributed by atoms with van der Waals surface area (Å²) in [4.78, 5) is 16.3. The first-order chi connectivity index (χ1) is 10.3. The van der Waals surface area contributed by atoms with Crippen LogP contribution in [0.15, 0.2) is 28.8 Å². The first-order valence-electron chi connectivity index (χ1n) is 7.32. The van der Waals surface area contributed by atoms with E-state index in [1.807, 2.05) is 0 Å². The molecule has 0 saturated carbocycles. The van der Waals surface area contributed by atoms with Crippen molar-refractivity contribution in [3.05, 3.63) is 47.1 Å². The lowest BCUT2D eigenvalue weighted by Gasteiger charge is -2.21. The highest BCUT2D eigenvalue weighted by Crippen LogP contribution is 2.33. The van der Waals surface area contributed by atoms with Gasteiger partial charge in [-0.3, -0.25) is 4.79 Å². The Labute approximate surface area is 127 Å². The van der Waals surface area contributed by atoms with Gasteiger partial charge < -0.3 is 4.52 Å². The molecule has 2 aromatic rings. The standard InChI is InChI=1S/C16H16N2O2S/c19-14-9-21-8-13(14)16-17-15(18-20-16)12-6-5-10-3-1-2-4-11(10)7-12/h1-4,12-13H,5-9H2. The predicted octanol–water partition coefficient (Wildman–Crippen LogP) is 2.74. The highest BCUT2D eigenvalue weighted by molar-refractivity contribution is 8.00. The van der Waals surface area contributed by atoms with Crippen LogP contribution in [0.3, 0.4) is 0 Å². The zero-order valence-corrected chi connectivity index (χ0v) is 12.4. The maximum Gasteiger partial charge on any atom is 0.238 e. The summed E-state index contributed by atoms with van der Waals surface area (Å²) in [6, 6.07) is 8.55.